The first-order valence-corrected chi connectivity index (χ1v) is 6.94. The molecule has 0 saturated heterocycles. The zero-order valence-corrected chi connectivity index (χ0v) is 12.6. The molecule has 0 radical (unpaired) electrons. The van der Waals surface area contributed by atoms with E-state index in [1.54, 1.807) is 24.1 Å². The van der Waals surface area contributed by atoms with E-state index in [1.165, 1.54) is 6.20 Å². The normalized spacial score (nSPS) is 10.3. The molecule has 22 heavy (non-hydrogen) atoms. The maximum absolute atomic E-state index is 12.4. The molecule has 2 aromatic heterocycles. The summed E-state index contributed by atoms with van der Waals surface area (Å²) in [6.07, 6.45) is 3.51. The molecule has 0 atom stereocenters. The number of carbonyl (C=O) groups is 2. The van der Waals surface area contributed by atoms with Crippen molar-refractivity contribution in [2.45, 2.75) is 19.8 Å². The Kier molecular flexibility index (Phi) is 5.24. The van der Waals surface area contributed by atoms with Gasteiger partial charge in [0.2, 0.25) is 6.41 Å². The Hall–Kier alpha value is -2.70. The number of amides is 2. The predicted molar refractivity (Wildman–Crippen MR) is 80.4 cm³/mol. The van der Waals surface area contributed by atoms with Crippen molar-refractivity contribution in [3.05, 3.63) is 41.5 Å². The first-order valence-electron chi connectivity index (χ1n) is 6.94. The van der Waals surface area contributed by atoms with Gasteiger partial charge in [0.05, 0.1) is 11.4 Å². The van der Waals surface area contributed by atoms with E-state index in [0.717, 1.165) is 17.9 Å². The number of anilines is 1. The molecule has 0 fully saturated rings. The third kappa shape index (κ3) is 3.91. The second-order valence-electron chi connectivity index (χ2n) is 4.93. The van der Waals surface area contributed by atoms with Crippen LogP contribution >= 0.6 is 0 Å². The minimum atomic E-state index is -0.237. The Morgan fingerprint density at radius 3 is 3.00 bits per heavy atom. The van der Waals surface area contributed by atoms with Gasteiger partial charge in [0, 0.05) is 32.3 Å². The molecule has 1 N–H and O–H groups in total. The van der Waals surface area contributed by atoms with E-state index in [4.69, 9.17) is 4.52 Å². The average Bonchev–Trinajstić information content (AvgIpc) is 2.93. The monoisotopic (exact) mass is 302 g/mol. The van der Waals surface area contributed by atoms with E-state index >= 15 is 0 Å². The number of hydrogen-bond donors (Lipinski definition) is 1. The second-order valence-corrected chi connectivity index (χ2v) is 4.93. The first-order chi connectivity index (χ1) is 10.6. The highest BCUT2D eigenvalue weighted by molar-refractivity contribution is 5.99. The second kappa shape index (κ2) is 7.35. The van der Waals surface area contributed by atoms with Gasteiger partial charge in [-0.3, -0.25) is 9.59 Å². The van der Waals surface area contributed by atoms with Crippen LogP contribution in [0.4, 0.5) is 5.69 Å². The van der Waals surface area contributed by atoms with Gasteiger partial charge in [-0.05, 0) is 25.5 Å². The van der Waals surface area contributed by atoms with Crippen LogP contribution < -0.4 is 5.32 Å². The molecule has 2 heterocycles. The molecule has 2 rings (SSSR count). The van der Waals surface area contributed by atoms with Crippen molar-refractivity contribution in [3.63, 3.8) is 0 Å². The predicted octanol–water partition coefficient (Wildman–Crippen LogP) is 1.65. The fourth-order valence-electron chi connectivity index (χ4n) is 2.06. The number of hydrogen-bond acceptors (Lipinski definition) is 5. The third-order valence-corrected chi connectivity index (χ3v) is 3.16. The highest BCUT2D eigenvalue weighted by Gasteiger charge is 2.17. The summed E-state index contributed by atoms with van der Waals surface area (Å²) >= 11 is 0. The molecule has 0 aliphatic rings. The smallest absolute Gasteiger partial charge is 0.274 e. The van der Waals surface area contributed by atoms with Crippen LogP contribution in [0.25, 0.3) is 0 Å². The molecule has 7 heteroatoms. The zero-order valence-electron chi connectivity index (χ0n) is 12.6. The van der Waals surface area contributed by atoms with Crippen molar-refractivity contribution in [3.8, 4) is 0 Å². The Labute approximate surface area is 128 Å². The molecular formula is C15H18N4O3. The summed E-state index contributed by atoms with van der Waals surface area (Å²) in [4.78, 5) is 28.5. The van der Waals surface area contributed by atoms with Crippen molar-refractivity contribution in [2.24, 2.45) is 0 Å². The molecule has 0 aromatic carbocycles. The molecule has 0 spiro atoms. The highest BCUT2D eigenvalue weighted by Crippen LogP contribution is 2.14. The SMILES string of the molecule is Cc1cc(CCCN(C)C(=O)c2ncccc2NC=O)on1. The fraction of sp³-hybridized carbons (Fsp3) is 0.333. The summed E-state index contributed by atoms with van der Waals surface area (Å²) in [5.41, 5.74) is 1.48. The van der Waals surface area contributed by atoms with Crippen LogP contribution in [0.1, 0.15) is 28.4 Å². The van der Waals surface area contributed by atoms with Crippen LogP contribution in [0.3, 0.4) is 0 Å². The third-order valence-electron chi connectivity index (χ3n) is 3.16. The van der Waals surface area contributed by atoms with Gasteiger partial charge in [0.25, 0.3) is 5.91 Å². The highest BCUT2D eigenvalue weighted by atomic mass is 16.5. The Bertz CT molecular complexity index is 654. The van der Waals surface area contributed by atoms with Crippen LogP contribution in [-0.4, -0.2) is 41.0 Å². The zero-order chi connectivity index (χ0) is 15.9. The van der Waals surface area contributed by atoms with Crippen LogP contribution in [0.2, 0.25) is 0 Å². The lowest BCUT2D eigenvalue weighted by Gasteiger charge is -2.17. The van der Waals surface area contributed by atoms with E-state index < -0.39 is 0 Å². The van der Waals surface area contributed by atoms with Crippen LogP contribution in [0, 0.1) is 6.92 Å². The molecule has 0 aliphatic heterocycles. The number of nitrogens with zero attached hydrogens (tertiary/aromatic N) is 3. The van der Waals surface area contributed by atoms with E-state index in [2.05, 4.69) is 15.5 Å². The lowest BCUT2D eigenvalue weighted by Crippen LogP contribution is -2.29. The van der Waals surface area contributed by atoms with E-state index in [1.807, 2.05) is 13.0 Å². The Morgan fingerprint density at radius 1 is 1.50 bits per heavy atom. The summed E-state index contributed by atoms with van der Waals surface area (Å²) in [7, 11) is 1.70. The van der Waals surface area contributed by atoms with Gasteiger partial charge < -0.3 is 14.7 Å². The fourth-order valence-corrected chi connectivity index (χ4v) is 2.06. The summed E-state index contributed by atoms with van der Waals surface area (Å²) in [6.45, 7) is 2.42. The number of rotatable bonds is 7. The summed E-state index contributed by atoms with van der Waals surface area (Å²) in [5.74, 6) is 0.568. The van der Waals surface area contributed by atoms with Crippen molar-refractivity contribution in [2.75, 3.05) is 18.9 Å². The average molecular weight is 302 g/mol. The van der Waals surface area contributed by atoms with Gasteiger partial charge in [-0.2, -0.15) is 0 Å². The molecule has 0 bridgehead atoms. The van der Waals surface area contributed by atoms with E-state index in [0.29, 0.717) is 25.1 Å². The van der Waals surface area contributed by atoms with Gasteiger partial charge in [-0.25, -0.2) is 4.98 Å². The maximum Gasteiger partial charge on any atom is 0.274 e. The summed E-state index contributed by atoms with van der Waals surface area (Å²) in [5, 5.41) is 6.31. The number of aromatic nitrogens is 2. The van der Waals surface area contributed by atoms with E-state index in [9.17, 15) is 9.59 Å². The van der Waals surface area contributed by atoms with Crippen molar-refractivity contribution in [1.29, 1.82) is 0 Å². The molecule has 0 unspecified atom stereocenters. The molecule has 0 aliphatic carbocycles. The van der Waals surface area contributed by atoms with Gasteiger partial charge in [0.15, 0.2) is 5.69 Å². The van der Waals surface area contributed by atoms with Gasteiger partial charge in [0.1, 0.15) is 5.76 Å². The number of pyridine rings is 1. The van der Waals surface area contributed by atoms with E-state index in [-0.39, 0.29) is 11.6 Å². The maximum atomic E-state index is 12.4. The molecule has 0 saturated carbocycles. The largest absolute Gasteiger partial charge is 0.361 e. The number of carbonyl (C=O) groups excluding carboxylic acids is 2. The van der Waals surface area contributed by atoms with Crippen LogP contribution in [-0.2, 0) is 11.2 Å². The van der Waals surface area contributed by atoms with Gasteiger partial charge in [-0.1, -0.05) is 5.16 Å². The van der Waals surface area contributed by atoms with Crippen LogP contribution in [0.5, 0.6) is 0 Å². The van der Waals surface area contributed by atoms with Crippen molar-refractivity contribution in [1.82, 2.24) is 15.0 Å². The Balaban J connectivity index is 1.93. The molecule has 2 aromatic rings. The van der Waals surface area contributed by atoms with Crippen molar-refractivity contribution < 1.29 is 14.1 Å². The van der Waals surface area contributed by atoms with Crippen molar-refractivity contribution >= 4 is 18.0 Å². The minimum Gasteiger partial charge on any atom is -0.361 e. The topological polar surface area (TPSA) is 88.3 Å². The van der Waals surface area contributed by atoms with Crippen LogP contribution in [0.15, 0.2) is 28.9 Å². The standard InChI is InChI=1S/C15H18N4O3/c1-11-9-12(22-18-11)5-4-8-19(2)15(21)14-13(17-10-20)6-3-7-16-14/h3,6-7,9-10H,4-5,8H2,1-2H3,(H,17,20). The summed E-state index contributed by atoms with van der Waals surface area (Å²) < 4.78 is 5.13. The quantitative estimate of drug-likeness (QED) is 0.786. The minimum absolute atomic E-state index is 0.229. The number of nitrogens with one attached hydrogen (secondary N) is 1. The molecule has 2 amide bonds. The van der Waals surface area contributed by atoms with Gasteiger partial charge >= 0.3 is 0 Å². The summed E-state index contributed by atoms with van der Waals surface area (Å²) in [6, 6.07) is 5.18. The molecular weight excluding hydrogens is 284 g/mol. The Morgan fingerprint density at radius 2 is 2.32 bits per heavy atom. The van der Waals surface area contributed by atoms with Gasteiger partial charge in [-0.15, -0.1) is 0 Å². The first kappa shape index (κ1) is 15.7. The molecule has 116 valence electrons. The molecule has 7 nitrogen and oxygen atoms in total. The lowest BCUT2D eigenvalue weighted by atomic mass is 10.2. The number of aryl methyl sites for hydroxylation is 2. The lowest BCUT2D eigenvalue weighted by molar-refractivity contribution is -0.105.